The van der Waals surface area contributed by atoms with E-state index in [0.29, 0.717) is 11.0 Å². The van der Waals surface area contributed by atoms with Crippen LogP contribution in [0, 0.1) is 20.8 Å². The van der Waals surface area contributed by atoms with Crippen molar-refractivity contribution in [3.05, 3.63) is 58.7 Å². The molecule has 4 N–H and O–H groups in total. The zero-order chi connectivity index (χ0) is 25.0. The number of aryl methyl sites for hydroxylation is 3. The molecule has 1 aromatic heterocycles. The summed E-state index contributed by atoms with van der Waals surface area (Å²) in [6.07, 6.45) is 0. The van der Waals surface area contributed by atoms with Crippen molar-refractivity contribution < 1.29 is 9.59 Å². The monoisotopic (exact) mass is 480 g/mol. The van der Waals surface area contributed by atoms with Crippen LogP contribution in [-0.2, 0) is 15.0 Å². The average molecular weight is 481 g/mol. The number of nitrogens with two attached hydrogens (primary N) is 1. The van der Waals surface area contributed by atoms with Gasteiger partial charge >= 0.3 is 0 Å². The van der Waals surface area contributed by atoms with Gasteiger partial charge in [-0.3, -0.25) is 9.59 Å². The van der Waals surface area contributed by atoms with Gasteiger partial charge in [-0.25, -0.2) is 4.68 Å². The number of rotatable bonds is 7. The van der Waals surface area contributed by atoms with E-state index in [0.717, 1.165) is 39.7 Å². The van der Waals surface area contributed by atoms with Crippen molar-refractivity contribution in [2.75, 3.05) is 23.5 Å². The normalized spacial score (nSPS) is 11.4. The first-order valence-corrected chi connectivity index (χ1v) is 12.0. The van der Waals surface area contributed by atoms with Crippen LogP contribution in [0.1, 0.15) is 43.0 Å². The molecule has 0 fully saturated rings. The zero-order valence-electron chi connectivity index (χ0n) is 20.5. The van der Waals surface area contributed by atoms with E-state index in [1.165, 1.54) is 10.2 Å². The highest BCUT2D eigenvalue weighted by Crippen LogP contribution is 2.26. The highest BCUT2D eigenvalue weighted by Gasteiger charge is 2.17. The smallest absolute Gasteiger partial charge is 0.243 e. The van der Waals surface area contributed by atoms with E-state index in [1.54, 1.807) is 0 Å². The Morgan fingerprint density at radius 3 is 2.21 bits per heavy atom. The quantitative estimate of drug-likeness (QED) is 0.351. The molecule has 0 aliphatic rings. The summed E-state index contributed by atoms with van der Waals surface area (Å²) in [4.78, 5) is 24.6. The topological polar surface area (TPSA) is 115 Å². The Hall–Kier alpha value is -3.33. The molecular weight excluding hydrogens is 448 g/mol. The van der Waals surface area contributed by atoms with Crippen LogP contribution in [0.15, 0.2) is 41.6 Å². The number of amides is 2. The molecule has 0 spiro atoms. The van der Waals surface area contributed by atoms with Crippen LogP contribution in [0.5, 0.6) is 0 Å². The second kappa shape index (κ2) is 10.3. The van der Waals surface area contributed by atoms with Crippen molar-refractivity contribution in [3.63, 3.8) is 0 Å². The Bertz CT molecular complexity index is 1170. The molecule has 3 rings (SSSR count). The Morgan fingerprint density at radius 1 is 1.00 bits per heavy atom. The maximum atomic E-state index is 12.3. The van der Waals surface area contributed by atoms with Gasteiger partial charge in [0.25, 0.3) is 0 Å². The summed E-state index contributed by atoms with van der Waals surface area (Å²) < 4.78 is 1.37. The van der Waals surface area contributed by atoms with E-state index in [9.17, 15) is 9.59 Å². The molecule has 0 aliphatic carbocycles. The predicted octanol–water partition coefficient (Wildman–Crippen LogP) is 3.73. The van der Waals surface area contributed by atoms with Gasteiger partial charge in [0.2, 0.25) is 17.0 Å². The van der Waals surface area contributed by atoms with Crippen molar-refractivity contribution in [3.8, 4) is 11.4 Å². The third-order valence-electron chi connectivity index (χ3n) is 5.39. The molecule has 0 unspecified atom stereocenters. The molecule has 0 atom stereocenters. The van der Waals surface area contributed by atoms with E-state index >= 15 is 0 Å². The number of anilines is 1. The number of thioether (sulfide) groups is 1. The second-order valence-electron chi connectivity index (χ2n) is 9.39. The standard InChI is InChI=1S/C25H32N6O2S/c1-15-11-16(2)22(17(3)12-15)28-20(32)13-27-21(33)14-34-24-30-29-23(31(24)26)18-7-9-19(10-8-18)25(4,5)6/h7-12H,13-14,26H2,1-6H3,(H,27,33)(H,28,32). The van der Waals surface area contributed by atoms with Crippen LogP contribution in [0.3, 0.4) is 0 Å². The van der Waals surface area contributed by atoms with Crippen LogP contribution >= 0.6 is 11.8 Å². The fourth-order valence-electron chi connectivity index (χ4n) is 3.61. The first-order valence-electron chi connectivity index (χ1n) is 11.0. The number of aromatic nitrogens is 3. The van der Waals surface area contributed by atoms with E-state index < -0.39 is 0 Å². The maximum Gasteiger partial charge on any atom is 0.243 e. The van der Waals surface area contributed by atoms with Crippen molar-refractivity contribution >= 4 is 29.3 Å². The number of hydrogen-bond acceptors (Lipinski definition) is 6. The molecule has 34 heavy (non-hydrogen) atoms. The van der Waals surface area contributed by atoms with Crippen LogP contribution in [0.4, 0.5) is 5.69 Å². The fourth-order valence-corrected chi connectivity index (χ4v) is 4.30. The Labute approximate surface area is 204 Å². The third-order valence-corrected chi connectivity index (χ3v) is 6.34. The predicted molar refractivity (Wildman–Crippen MR) is 137 cm³/mol. The Morgan fingerprint density at radius 2 is 1.62 bits per heavy atom. The van der Waals surface area contributed by atoms with Gasteiger partial charge in [-0.15, -0.1) is 10.2 Å². The number of carbonyl (C=O) groups is 2. The van der Waals surface area contributed by atoms with Gasteiger partial charge in [0.15, 0.2) is 5.82 Å². The third kappa shape index (κ3) is 6.17. The van der Waals surface area contributed by atoms with E-state index in [2.05, 4.69) is 53.7 Å². The van der Waals surface area contributed by atoms with Crippen molar-refractivity contribution in [1.29, 1.82) is 0 Å². The van der Waals surface area contributed by atoms with Gasteiger partial charge in [-0.1, -0.05) is 74.5 Å². The molecular formula is C25H32N6O2S. The zero-order valence-corrected chi connectivity index (χ0v) is 21.3. The van der Waals surface area contributed by atoms with E-state index in [4.69, 9.17) is 5.84 Å². The number of hydrogen-bond donors (Lipinski definition) is 3. The number of nitrogen functional groups attached to an aromatic ring is 1. The lowest BCUT2D eigenvalue weighted by molar-refractivity contribution is -0.122. The summed E-state index contributed by atoms with van der Waals surface area (Å²) >= 11 is 1.16. The van der Waals surface area contributed by atoms with Crippen LogP contribution in [0.2, 0.25) is 0 Å². The minimum absolute atomic E-state index is 0.0536. The lowest BCUT2D eigenvalue weighted by Crippen LogP contribution is -2.34. The summed E-state index contributed by atoms with van der Waals surface area (Å²) in [5.74, 6) is 6.18. The summed E-state index contributed by atoms with van der Waals surface area (Å²) in [7, 11) is 0. The Kier molecular flexibility index (Phi) is 7.66. The van der Waals surface area contributed by atoms with Gasteiger partial charge in [0.1, 0.15) is 0 Å². The van der Waals surface area contributed by atoms with Gasteiger partial charge in [-0.2, -0.15) is 0 Å². The van der Waals surface area contributed by atoms with Gasteiger partial charge < -0.3 is 16.5 Å². The largest absolute Gasteiger partial charge is 0.346 e. The first-order chi connectivity index (χ1) is 16.0. The average Bonchev–Trinajstić information content (AvgIpc) is 3.13. The Balaban J connectivity index is 1.53. The summed E-state index contributed by atoms with van der Waals surface area (Å²) in [5.41, 5.74) is 5.99. The summed E-state index contributed by atoms with van der Waals surface area (Å²) in [6.45, 7) is 12.2. The maximum absolute atomic E-state index is 12.3. The molecule has 0 aliphatic heterocycles. The van der Waals surface area contributed by atoms with E-state index in [1.807, 2.05) is 45.0 Å². The highest BCUT2D eigenvalue weighted by atomic mass is 32.2. The number of benzene rings is 2. The highest BCUT2D eigenvalue weighted by molar-refractivity contribution is 7.99. The van der Waals surface area contributed by atoms with Gasteiger partial charge in [0, 0.05) is 11.3 Å². The summed E-state index contributed by atoms with van der Waals surface area (Å²) in [6, 6.07) is 12.0. The van der Waals surface area contributed by atoms with E-state index in [-0.39, 0.29) is 29.5 Å². The molecule has 0 bridgehead atoms. The number of nitrogens with zero attached hydrogens (tertiary/aromatic N) is 3. The molecule has 9 heteroatoms. The minimum atomic E-state index is -0.295. The van der Waals surface area contributed by atoms with Crippen LogP contribution in [-0.4, -0.2) is 39.0 Å². The van der Waals surface area contributed by atoms with Gasteiger partial charge in [-0.05, 0) is 42.9 Å². The molecule has 2 amide bonds. The molecule has 2 aromatic carbocycles. The van der Waals surface area contributed by atoms with Crippen LogP contribution < -0.4 is 16.5 Å². The molecule has 0 saturated carbocycles. The lowest BCUT2D eigenvalue weighted by atomic mass is 9.87. The van der Waals surface area contributed by atoms with Gasteiger partial charge in [0.05, 0.1) is 12.3 Å². The minimum Gasteiger partial charge on any atom is -0.346 e. The van der Waals surface area contributed by atoms with Crippen molar-refractivity contribution in [1.82, 2.24) is 20.2 Å². The number of carbonyl (C=O) groups excluding carboxylic acids is 2. The number of nitrogens with one attached hydrogen (secondary N) is 2. The SMILES string of the molecule is Cc1cc(C)c(NC(=O)CNC(=O)CSc2nnc(-c3ccc(C(C)(C)C)cc3)n2N)c(C)c1. The molecule has 0 radical (unpaired) electrons. The molecule has 0 saturated heterocycles. The van der Waals surface area contributed by atoms with Crippen molar-refractivity contribution in [2.45, 2.75) is 52.1 Å². The molecule has 1 heterocycles. The molecule has 3 aromatic rings. The van der Waals surface area contributed by atoms with Crippen molar-refractivity contribution in [2.24, 2.45) is 0 Å². The van der Waals surface area contributed by atoms with Crippen LogP contribution in [0.25, 0.3) is 11.4 Å². The first kappa shape index (κ1) is 25.3. The lowest BCUT2D eigenvalue weighted by Gasteiger charge is -2.19. The second-order valence-corrected chi connectivity index (χ2v) is 10.3. The fraction of sp³-hybridized carbons (Fsp3) is 0.360. The summed E-state index contributed by atoms with van der Waals surface area (Å²) in [5, 5.41) is 14.2. The molecule has 180 valence electrons. The molecule has 8 nitrogen and oxygen atoms in total.